The maximum Gasteiger partial charge on any atom is 0.321 e. The van der Waals surface area contributed by atoms with E-state index < -0.39 is 12.1 Å². The van der Waals surface area contributed by atoms with E-state index in [9.17, 15) is 14.3 Å². The smallest absolute Gasteiger partial charge is 0.321 e. The highest BCUT2D eigenvalue weighted by Gasteiger charge is 2.18. The Morgan fingerprint density at radius 3 is 2.32 bits per heavy atom. The van der Waals surface area contributed by atoms with E-state index in [-0.39, 0.29) is 17.8 Å². The molecule has 0 spiro atoms. The zero-order chi connectivity index (χ0) is 18.6. The van der Waals surface area contributed by atoms with Gasteiger partial charge in [0.1, 0.15) is 11.6 Å². The van der Waals surface area contributed by atoms with Gasteiger partial charge in [-0.3, -0.25) is 0 Å². The largest absolute Gasteiger partial charge is 0.387 e. The van der Waals surface area contributed by atoms with E-state index in [4.69, 9.17) is 0 Å². The van der Waals surface area contributed by atoms with Crippen molar-refractivity contribution in [3.8, 4) is 0 Å². The summed E-state index contributed by atoms with van der Waals surface area (Å²) in [6.45, 7) is 6.08. The van der Waals surface area contributed by atoms with E-state index in [1.54, 1.807) is 19.4 Å². The molecule has 1 atom stereocenters. The molecular weight excluding hydrogens is 323 g/mol. The van der Waals surface area contributed by atoms with Crippen molar-refractivity contribution in [1.29, 1.82) is 0 Å². The molecule has 1 aromatic carbocycles. The Hall–Kier alpha value is -2.54. The predicted molar refractivity (Wildman–Crippen MR) is 93.7 cm³/mol. The van der Waals surface area contributed by atoms with E-state index in [1.165, 1.54) is 29.2 Å². The van der Waals surface area contributed by atoms with Gasteiger partial charge in [-0.15, -0.1) is 0 Å². The Bertz CT molecular complexity index is 711. The number of benzene rings is 1. The van der Waals surface area contributed by atoms with Crippen LogP contribution in [0.5, 0.6) is 0 Å². The maximum absolute atomic E-state index is 12.9. The molecule has 0 aliphatic heterocycles. The van der Waals surface area contributed by atoms with Crippen molar-refractivity contribution in [3.05, 3.63) is 53.9 Å². The second-order valence-corrected chi connectivity index (χ2v) is 6.92. The lowest BCUT2D eigenvalue weighted by Crippen LogP contribution is -2.34. The number of aliphatic hydroxyl groups is 1. The molecule has 2 N–H and O–H groups in total. The highest BCUT2D eigenvalue weighted by Crippen LogP contribution is 2.18. The van der Waals surface area contributed by atoms with Crippen LogP contribution >= 0.6 is 0 Å². The first-order valence-electron chi connectivity index (χ1n) is 7.95. The van der Waals surface area contributed by atoms with Gasteiger partial charge in [-0.2, -0.15) is 0 Å². The monoisotopic (exact) mass is 346 g/mol. The molecule has 0 radical (unpaired) electrons. The molecule has 2 aromatic rings. The first-order valence-corrected chi connectivity index (χ1v) is 7.95. The van der Waals surface area contributed by atoms with Crippen molar-refractivity contribution in [3.63, 3.8) is 0 Å². The molecule has 134 valence electrons. The minimum atomic E-state index is -0.907. The van der Waals surface area contributed by atoms with Crippen LogP contribution in [0, 0.1) is 5.82 Å². The van der Waals surface area contributed by atoms with E-state index in [0.717, 1.165) is 0 Å². The Morgan fingerprint density at radius 1 is 1.24 bits per heavy atom. The molecule has 0 aliphatic rings. The van der Waals surface area contributed by atoms with Crippen LogP contribution in [0.3, 0.4) is 0 Å². The van der Waals surface area contributed by atoms with Gasteiger partial charge in [0.15, 0.2) is 0 Å². The van der Waals surface area contributed by atoms with Crippen LogP contribution in [0.4, 0.5) is 14.9 Å². The summed E-state index contributed by atoms with van der Waals surface area (Å²) < 4.78 is 12.9. The van der Waals surface area contributed by atoms with Crippen molar-refractivity contribution in [2.45, 2.75) is 32.3 Å². The molecule has 6 nitrogen and oxygen atoms in total. The van der Waals surface area contributed by atoms with Gasteiger partial charge in [0.05, 0.1) is 30.7 Å². The van der Waals surface area contributed by atoms with Gasteiger partial charge in [0, 0.05) is 12.5 Å². The van der Waals surface area contributed by atoms with Crippen LogP contribution in [-0.2, 0) is 5.41 Å². The molecule has 2 rings (SSSR count). The standard InChI is InChI=1S/C18H23FN4O2/c1-18(2,3)16-20-9-14(10-21-16)22-17(25)23(4)11-15(24)12-5-7-13(19)8-6-12/h5-10,15,24H,11H2,1-4H3,(H,22,25). The summed E-state index contributed by atoms with van der Waals surface area (Å²) >= 11 is 0. The average molecular weight is 346 g/mol. The fourth-order valence-electron chi connectivity index (χ4n) is 2.13. The minimum Gasteiger partial charge on any atom is -0.387 e. The van der Waals surface area contributed by atoms with Gasteiger partial charge in [-0.25, -0.2) is 19.2 Å². The van der Waals surface area contributed by atoms with Crippen LogP contribution in [0.25, 0.3) is 0 Å². The molecule has 1 unspecified atom stereocenters. The minimum absolute atomic E-state index is 0.0679. The first kappa shape index (κ1) is 18.8. The summed E-state index contributed by atoms with van der Waals surface area (Å²) in [6.07, 6.45) is 2.20. The molecule has 0 saturated heterocycles. The van der Waals surface area contributed by atoms with Gasteiger partial charge in [-0.05, 0) is 17.7 Å². The normalized spacial score (nSPS) is 12.6. The van der Waals surface area contributed by atoms with Gasteiger partial charge in [0.25, 0.3) is 0 Å². The van der Waals surface area contributed by atoms with Crippen LogP contribution < -0.4 is 5.32 Å². The van der Waals surface area contributed by atoms with Gasteiger partial charge < -0.3 is 15.3 Å². The molecule has 0 saturated carbocycles. The van der Waals surface area contributed by atoms with Crippen LogP contribution in [-0.4, -0.2) is 39.6 Å². The first-order chi connectivity index (χ1) is 11.7. The van der Waals surface area contributed by atoms with Gasteiger partial charge in [-0.1, -0.05) is 32.9 Å². The lowest BCUT2D eigenvalue weighted by Gasteiger charge is -2.22. The lowest BCUT2D eigenvalue weighted by molar-refractivity contribution is 0.136. The van der Waals surface area contributed by atoms with Crippen LogP contribution in [0.15, 0.2) is 36.7 Å². The number of urea groups is 1. The number of aliphatic hydroxyl groups excluding tert-OH is 1. The molecule has 2 amide bonds. The maximum atomic E-state index is 12.9. The third-order valence-corrected chi connectivity index (χ3v) is 3.62. The molecule has 0 bridgehead atoms. The van der Waals surface area contributed by atoms with E-state index in [1.807, 2.05) is 20.8 Å². The molecule has 7 heteroatoms. The van der Waals surface area contributed by atoms with E-state index in [0.29, 0.717) is 17.1 Å². The van der Waals surface area contributed by atoms with Crippen LogP contribution in [0.1, 0.15) is 38.3 Å². The fourth-order valence-corrected chi connectivity index (χ4v) is 2.13. The number of carbonyl (C=O) groups is 1. The Balaban J connectivity index is 1.94. The number of halogens is 1. The summed E-state index contributed by atoms with van der Waals surface area (Å²) in [5.74, 6) is 0.311. The summed E-state index contributed by atoms with van der Waals surface area (Å²) in [5.41, 5.74) is 0.846. The van der Waals surface area contributed by atoms with E-state index in [2.05, 4.69) is 15.3 Å². The number of hydrogen-bond acceptors (Lipinski definition) is 4. The van der Waals surface area contributed by atoms with Crippen molar-refractivity contribution in [1.82, 2.24) is 14.9 Å². The number of anilines is 1. The third kappa shape index (κ3) is 5.22. The second kappa shape index (κ2) is 7.57. The Labute approximate surface area is 146 Å². The summed E-state index contributed by atoms with van der Waals surface area (Å²) in [7, 11) is 1.56. The predicted octanol–water partition coefficient (Wildman–Crippen LogP) is 3.11. The zero-order valence-electron chi connectivity index (χ0n) is 14.8. The average Bonchev–Trinajstić information content (AvgIpc) is 2.55. The van der Waals surface area contributed by atoms with Crippen LogP contribution in [0.2, 0.25) is 0 Å². The van der Waals surface area contributed by atoms with Gasteiger partial charge >= 0.3 is 6.03 Å². The summed E-state index contributed by atoms with van der Waals surface area (Å²) in [6, 6.07) is 5.13. The summed E-state index contributed by atoms with van der Waals surface area (Å²) in [4.78, 5) is 22.0. The topological polar surface area (TPSA) is 78.4 Å². The number of likely N-dealkylation sites (N-methyl/N-ethyl adjacent to an activating group) is 1. The third-order valence-electron chi connectivity index (χ3n) is 3.62. The molecule has 1 aromatic heterocycles. The number of rotatable bonds is 4. The lowest BCUT2D eigenvalue weighted by atomic mass is 9.96. The highest BCUT2D eigenvalue weighted by atomic mass is 19.1. The van der Waals surface area contributed by atoms with Crippen molar-refractivity contribution < 1.29 is 14.3 Å². The number of aromatic nitrogens is 2. The van der Waals surface area contributed by atoms with Crippen molar-refractivity contribution >= 4 is 11.7 Å². The number of carbonyl (C=O) groups excluding carboxylic acids is 1. The molecule has 25 heavy (non-hydrogen) atoms. The summed E-state index contributed by atoms with van der Waals surface area (Å²) in [5, 5.41) is 12.8. The SMILES string of the molecule is CN(CC(O)c1ccc(F)cc1)C(=O)Nc1cnc(C(C)(C)C)nc1. The fraction of sp³-hybridized carbons (Fsp3) is 0.389. The van der Waals surface area contributed by atoms with E-state index >= 15 is 0 Å². The van der Waals surface area contributed by atoms with Crippen molar-refractivity contribution in [2.24, 2.45) is 0 Å². The number of nitrogens with one attached hydrogen (secondary N) is 1. The Morgan fingerprint density at radius 2 is 1.80 bits per heavy atom. The quantitative estimate of drug-likeness (QED) is 0.892. The number of nitrogens with zero attached hydrogens (tertiary/aromatic N) is 3. The molecule has 1 heterocycles. The second-order valence-electron chi connectivity index (χ2n) is 6.92. The molecule has 0 aliphatic carbocycles. The number of hydrogen-bond donors (Lipinski definition) is 2. The van der Waals surface area contributed by atoms with Crippen molar-refractivity contribution in [2.75, 3.05) is 18.9 Å². The highest BCUT2D eigenvalue weighted by molar-refractivity contribution is 5.88. The van der Waals surface area contributed by atoms with Gasteiger partial charge in [0.2, 0.25) is 0 Å². The zero-order valence-corrected chi connectivity index (χ0v) is 14.8. The number of amides is 2. The molecule has 0 fully saturated rings. The Kier molecular flexibility index (Phi) is 5.69. The molecular formula is C18H23FN4O2.